The average molecular weight is 323 g/mol. The summed E-state index contributed by atoms with van der Waals surface area (Å²) in [5.74, 6) is 0. The number of carbonyl (C=O) groups is 1. The van der Waals surface area contributed by atoms with Crippen molar-refractivity contribution < 1.29 is 9.90 Å². The lowest BCUT2D eigenvalue weighted by Crippen LogP contribution is -2.50. The summed E-state index contributed by atoms with van der Waals surface area (Å²) in [5.41, 5.74) is 1.29. The number of urea groups is 1. The molecule has 1 unspecified atom stereocenters. The maximum absolute atomic E-state index is 12.2. The van der Waals surface area contributed by atoms with Crippen LogP contribution in [0.4, 0.5) is 4.79 Å². The molecule has 5 nitrogen and oxygen atoms in total. The first-order chi connectivity index (χ1) is 10.8. The van der Waals surface area contributed by atoms with Crippen LogP contribution in [0.25, 0.3) is 0 Å². The molecule has 1 saturated heterocycles. The highest BCUT2D eigenvalue weighted by Gasteiger charge is 2.25. The van der Waals surface area contributed by atoms with Crippen molar-refractivity contribution in [3.8, 4) is 0 Å². The fraction of sp³-hybridized carbons (Fsp3) is 0.750. The number of piperidine rings is 1. The molecule has 22 heavy (non-hydrogen) atoms. The normalized spacial score (nSPS) is 21.5. The van der Waals surface area contributed by atoms with E-state index in [0.29, 0.717) is 6.54 Å². The molecule has 1 aromatic heterocycles. The van der Waals surface area contributed by atoms with Gasteiger partial charge in [0.05, 0.1) is 23.4 Å². The van der Waals surface area contributed by atoms with Gasteiger partial charge in [0.2, 0.25) is 0 Å². The summed E-state index contributed by atoms with van der Waals surface area (Å²) in [6.07, 6.45) is 8.66. The molecule has 1 fully saturated rings. The van der Waals surface area contributed by atoms with E-state index in [9.17, 15) is 9.90 Å². The highest BCUT2D eigenvalue weighted by atomic mass is 32.1. The minimum atomic E-state index is -0.0416. The SMILES string of the molecule is O=C(NCCc1nc2c(s1)CCCC2)N1CCCCC1CO. The van der Waals surface area contributed by atoms with Gasteiger partial charge in [-0.05, 0) is 44.9 Å². The molecule has 6 heteroatoms. The molecule has 1 aliphatic carbocycles. The number of amides is 2. The van der Waals surface area contributed by atoms with Gasteiger partial charge >= 0.3 is 6.03 Å². The molecule has 122 valence electrons. The molecule has 2 amide bonds. The van der Waals surface area contributed by atoms with Crippen LogP contribution in [-0.4, -0.2) is 46.8 Å². The van der Waals surface area contributed by atoms with Gasteiger partial charge in [0, 0.05) is 24.4 Å². The molecular weight excluding hydrogens is 298 g/mol. The molecule has 2 heterocycles. The number of aryl methyl sites for hydroxylation is 2. The third kappa shape index (κ3) is 3.60. The van der Waals surface area contributed by atoms with Crippen molar-refractivity contribution in [3.05, 3.63) is 15.6 Å². The van der Waals surface area contributed by atoms with Crippen LogP contribution >= 0.6 is 11.3 Å². The summed E-state index contributed by atoms with van der Waals surface area (Å²) >= 11 is 1.81. The van der Waals surface area contributed by atoms with Crippen molar-refractivity contribution in [2.75, 3.05) is 19.7 Å². The van der Waals surface area contributed by atoms with Gasteiger partial charge in [-0.25, -0.2) is 9.78 Å². The molecular formula is C16H25N3O2S. The molecule has 1 atom stereocenters. The van der Waals surface area contributed by atoms with E-state index >= 15 is 0 Å². The van der Waals surface area contributed by atoms with Gasteiger partial charge in [0.15, 0.2) is 0 Å². The van der Waals surface area contributed by atoms with Gasteiger partial charge in [-0.3, -0.25) is 0 Å². The molecule has 0 aromatic carbocycles. The summed E-state index contributed by atoms with van der Waals surface area (Å²) in [7, 11) is 0. The number of aliphatic hydroxyl groups is 1. The summed E-state index contributed by atoms with van der Waals surface area (Å²) < 4.78 is 0. The lowest BCUT2D eigenvalue weighted by Gasteiger charge is -2.34. The van der Waals surface area contributed by atoms with Crippen molar-refractivity contribution in [1.82, 2.24) is 15.2 Å². The van der Waals surface area contributed by atoms with Crippen LogP contribution in [0.3, 0.4) is 0 Å². The molecule has 0 saturated carbocycles. The van der Waals surface area contributed by atoms with Gasteiger partial charge in [-0.15, -0.1) is 11.3 Å². The number of rotatable bonds is 4. The maximum Gasteiger partial charge on any atom is 0.317 e. The van der Waals surface area contributed by atoms with E-state index in [1.165, 1.54) is 29.8 Å². The largest absolute Gasteiger partial charge is 0.394 e. The molecule has 3 rings (SSSR count). The first-order valence-electron chi connectivity index (χ1n) is 8.40. The number of hydrogen-bond acceptors (Lipinski definition) is 4. The Kier molecular flexibility index (Phi) is 5.31. The number of carbonyl (C=O) groups excluding carboxylic acids is 1. The fourth-order valence-electron chi connectivity index (χ4n) is 3.35. The minimum absolute atomic E-state index is 0.0130. The van der Waals surface area contributed by atoms with E-state index in [-0.39, 0.29) is 18.7 Å². The van der Waals surface area contributed by atoms with E-state index in [1.807, 2.05) is 11.3 Å². The third-order valence-electron chi connectivity index (χ3n) is 4.60. The number of aliphatic hydroxyl groups excluding tert-OH is 1. The van der Waals surface area contributed by atoms with Crippen LogP contribution in [0.2, 0.25) is 0 Å². The predicted octanol–water partition coefficient (Wildman–Crippen LogP) is 2.12. The lowest BCUT2D eigenvalue weighted by molar-refractivity contribution is 0.108. The molecule has 1 aromatic rings. The zero-order valence-corrected chi connectivity index (χ0v) is 13.8. The van der Waals surface area contributed by atoms with E-state index in [1.54, 1.807) is 4.90 Å². The zero-order chi connectivity index (χ0) is 15.4. The highest BCUT2D eigenvalue weighted by Crippen LogP contribution is 2.26. The van der Waals surface area contributed by atoms with Crippen molar-refractivity contribution in [1.29, 1.82) is 0 Å². The lowest BCUT2D eigenvalue weighted by atomic mass is 10.0. The van der Waals surface area contributed by atoms with Gasteiger partial charge in [-0.2, -0.15) is 0 Å². The standard InChI is InChI=1S/C16H25N3O2S/c20-11-12-5-3-4-10-19(12)16(21)17-9-8-15-18-13-6-1-2-7-14(13)22-15/h12,20H,1-11H2,(H,17,21). The van der Waals surface area contributed by atoms with Crippen molar-refractivity contribution in [2.45, 2.75) is 57.4 Å². The fourth-order valence-corrected chi connectivity index (χ4v) is 4.50. The first kappa shape index (κ1) is 15.7. The van der Waals surface area contributed by atoms with Crippen LogP contribution in [0.1, 0.15) is 47.7 Å². The molecule has 0 radical (unpaired) electrons. The van der Waals surface area contributed by atoms with Gasteiger partial charge in [-0.1, -0.05) is 0 Å². The van der Waals surface area contributed by atoms with Crippen LogP contribution < -0.4 is 5.32 Å². The smallest absolute Gasteiger partial charge is 0.317 e. The van der Waals surface area contributed by atoms with Crippen LogP contribution in [0, 0.1) is 0 Å². The quantitative estimate of drug-likeness (QED) is 0.892. The highest BCUT2D eigenvalue weighted by molar-refractivity contribution is 7.11. The number of likely N-dealkylation sites (tertiary alicyclic amines) is 1. The monoisotopic (exact) mass is 323 g/mol. The Balaban J connectivity index is 1.48. The summed E-state index contributed by atoms with van der Waals surface area (Å²) in [6, 6.07) is -0.0546. The van der Waals surface area contributed by atoms with E-state index < -0.39 is 0 Å². The van der Waals surface area contributed by atoms with Gasteiger partial charge < -0.3 is 15.3 Å². The molecule has 0 bridgehead atoms. The van der Waals surface area contributed by atoms with Crippen LogP contribution in [0.15, 0.2) is 0 Å². The number of nitrogens with one attached hydrogen (secondary N) is 1. The Morgan fingerprint density at radius 1 is 1.32 bits per heavy atom. The van der Waals surface area contributed by atoms with Crippen molar-refractivity contribution in [3.63, 3.8) is 0 Å². The number of aromatic nitrogens is 1. The number of hydrogen-bond donors (Lipinski definition) is 2. The number of thiazole rings is 1. The maximum atomic E-state index is 12.2. The summed E-state index contributed by atoms with van der Waals surface area (Å²) in [6.45, 7) is 1.44. The summed E-state index contributed by atoms with van der Waals surface area (Å²) in [4.78, 5) is 20.2. The molecule has 0 spiro atoms. The second-order valence-electron chi connectivity index (χ2n) is 6.19. The topological polar surface area (TPSA) is 65.5 Å². The third-order valence-corrected chi connectivity index (χ3v) is 5.82. The molecule has 2 aliphatic rings. The Hall–Kier alpha value is -1.14. The Morgan fingerprint density at radius 2 is 2.18 bits per heavy atom. The van der Waals surface area contributed by atoms with Crippen LogP contribution in [0.5, 0.6) is 0 Å². The molecule has 1 aliphatic heterocycles. The summed E-state index contributed by atoms with van der Waals surface area (Å²) in [5, 5.41) is 13.5. The van der Waals surface area contributed by atoms with E-state index in [4.69, 9.17) is 4.98 Å². The Morgan fingerprint density at radius 3 is 3.00 bits per heavy atom. The van der Waals surface area contributed by atoms with Crippen molar-refractivity contribution in [2.24, 2.45) is 0 Å². The second kappa shape index (κ2) is 7.42. The van der Waals surface area contributed by atoms with Gasteiger partial charge in [0.1, 0.15) is 0 Å². The molecule has 2 N–H and O–H groups in total. The minimum Gasteiger partial charge on any atom is -0.394 e. The average Bonchev–Trinajstić information content (AvgIpc) is 2.97. The van der Waals surface area contributed by atoms with Crippen molar-refractivity contribution >= 4 is 17.4 Å². The second-order valence-corrected chi connectivity index (χ2v) is 7.36. The first-order valence-corrected chi connectivity index (χ1v) is 9.22. The number of fused-ring (bicyclic) bond motifs is 1. The zero-order valence-electron chi connectivity index (χ0n) is 13.0. The van der Waals surface area contributed by atoms with Crippen LogP contribution in [-0.2, 0) is 19.3 Å². The van der Waals surface area contributed by atoms with Gasteiger partial charge in [0.25, 0.3) is 0 Å². The Labute approximate surface area is 135 Å². The van der Waals surface area contributed by atoms with E-state index in [0.717, 1.165) is 43.7 Å². The number of nitrogens with zero attached hydrogens (tertiary/aromatic N) is 2. The van der Waals surface area contributed by atoms with E-state index in [2.05, 4.69) is 5.32 Å². The Bertz CT molecular complexity index is 494. The predicted molar refractivity (Wildman–Crippen MR) is 87.3 cm³/mol.